The van der Waals surface area contributed by atoms with Gasteiger partial charge in [0.05, 0.1) is 28.0 Å². The van der Waals surface area contributed by atoms with Gasteiger partial charge in [-0.2, -0.15) is 0 Å². The Morgan fingerprint density at radius 1 is 1.12 bits per heavy atom. The van der Waals surface area contributed by atoms with E-state index in [9.17, 15) is 22.8 Å². The summed E-state index contributed by atoms with van der Waals surface area (Å²) >= 11 is 0. The van der Waals surface area contributed by atoms with E-state index in [4.69, 9.17) is 10.8 Å². The lowest BCUT2D eigenvalue weighted by Crippen LogP contribution is -2.78. The molecule has 144 valence electrons. The lowest BCUT2D eigenvalue weighted by atomic mass is 9.89. The number of rotatable bonds is 7. The number of nitrogens with one attached hydrogen (secondary N) is 2. The van der Waals surface area contributed by atoms with E-state index in [1.165, 1.54) is 0 Å². The number of aliphatic carboxylic acids is 1. The van der Waals surface area contributed by atoms with Gasteiger partial charge in [-0.1, -0.05) is 6.92 Å². The van der Waals surface area contributed by atoms with Gasteiger partial charge in [-0.3, -0.25) is 14.4 Å². The standard InChI is InChI=1S/C15H27N3O6S/c1-6-9(17-11(21)8(16)7-10(19)20)12(22)18-13-14(2,3)25(23,24)15(13,4)5/h8-9,13H,6-7,16H2,1-5H3,(H,17,21)(H,18,22)(H,19,20)/t8-,9?/m0/s1. The summed E-state index contributed by atoms with van der Waals surface area (Å²) in [4.78, 5) is 35.0. The molecule has 1 unspecified atom stereocenters. The van der Waals surface area contributed by atoms with Crippen LogP contribution in [0.5, 0.6) is 0 Å². The number of carboxylic acid groups (broad SMARTS) is 1. The number of hydrogen-bond acceptors (Lipinski definition) is 6. The van der Waals surface area contributed by atoms with E-state index in [0.717, 1.165) is 0 Å². The van der Waals surface area contributed by atoms with Gasteiger partial charge in [0.2, 0.25) is 11.8 Å². The Balaban J connectivity index is 2.81. The van der Waals surface area contributed by atoms with E-state index in [1.54, 1.807) is 34.6 Å². The molecule has 1 fully saturated rings. The van der Waals surface area contributed by atoms with Gasteiger partial charge in [0.25, 0.3) is 0 Å². The van der Waals surface area contributed by atoms with Crippen LogP contribution in [0.1, 0.15) is 47.5 Å². The second-order valence-electron chi connectivity index (χ2n) is 7.33. The summed E-state index contributed by atoms with van der Waals surface area (Å²) in [5.41, 5.74) is 5.48. The molecule has 2 amide bonds. The molecule has 0 spiro atoms. The van der Waals surface area contributed by atoms with Crippen LogP contribution in [-0.4, -0.2) is 58.9 Å². The third kappa shape index (κ3) is 3.64. The molecular formula is C15H27N3O6S. The zero-order valence-corrected chi connectivity index (χ0v) is 15.9. The van der Waals surface area contributed by atoms with Gasteiger partial charge in [-0.15, -0.1) is 0 Å². The molecule has 0 aliphatic carbocycles. The highest BCUT2D eigenvalue weighted by atomic mass is 32.2. The first kappa shape index (κ1) is 21.4. The van der Waals surface area contributed by atoms with Crippen LogP contribution < -0.4 is 16.4 Å². The molecule has 1 saturated heterocycles. The minimum absolute atomic E-state index is 0.248. The maximum Gasteiger partial charge on any atom is 0.305 e. The molecule has 0 radical (unpaired) electrons. The minimum atomic E-state index is -3.40. The smallest absolute Gasteiger partial charge is 0.305 e. The predicted molar refractivity (Wildman–Crippen MR) is 91.5 cm³/mol. The molecule has 0 aromatic heterocycles. The lowest BCUT2D eigenvalue weighted by molar-refractivity contribution is -0.139. The first-order valence-electron chi connectivity index (χ1n) is 8.02. The highest BCUT2D eigenvalue weighted by Gasteiger charge is 2.67. The topological polar surface area (TPSA) is 156 Å². The van der Waals surface area contributed by atoms with E-state index in [2.05, 4.69) is 10.6 Å². The number of carbonyl (C=O) groups excluding carboxylic acids is 2. The summed E-state index contributed by atoms with van der Waals surface area (Å²) in [7, 11) is -3.40. The summed E-state index contributed by atoms with van der Waals surface area (Å²) in [6.45, 7) is 7.84. The van der Waals surface area contributed by atoms with Crippen LogP contribution in [0.4, 0.5) is 0 Å². The Morgan fingerprint density at radius 2 is 1.60 bits per heavy atom. The maximum atomic E-state index is 12.5. The van der Waals surface area contributed by atoms with E-state index < -0.39 is 61.7 Å². The van der Waals surface area contributed by atoms with Gasteiger partial charge >= 0.3 is 5.97 Å². The third-order valence-corrected chi connectivity index (χ3v) is 8.08. The van der Waals surface area contributed by atoms with Crippen molar-refractivity contribution in [2.75, 3.05) is 0 Å². The average molecular weight is 377 g/mol. The van der Waals surface area contributed by atoms with Crippen molar-refractivity contribution in [1.82, 2.24) is 10.6 Å². The number of carbonyl (C=O) groups is 3. The average Bonchev–Trinajstić information content (AvgIpc) is 2.47. The fourth-order valence-corrected chi connectivity index (χ4v) is 5.77. The molecule has 1 rings (SSSR count). The summed E-state index contributed by atoms with van der Waals surface area (Å²) < 4.78 is 22.4. The summed E-state index contributed by atoms with van der Waals surface area (Å²) in [6.07, 6.45) is -0.303. The number of carboxylic acids is 1. The molecule has 10 heteroatoms. The molecule has 1 aliphatic heterocycles. The number of nitrogens with two attached hydrogens (primary N) is 1. The first-order valence-corrected chi connectivity index (χ1v) is 9.50. The number of hydrogen-bond donors (Lipinski definition) is 4. The second kappa shape index (κ2) is 6.91. The fraction of sp³-hybridized carbons (Fsp3) is 0.800. The Labute approximate surface area is 147 Å². The van der Waals surface area contributed by atoms with Crippen LogP contribution in [0.25, 0.3) is 0 Å². The van der Waals surface area contributed by atoms with Gasteiger partial charge in [-0.25, -0.2) is 8.42 Å². The molecule has 5 N–H and O–H groups in total. The van der Waals surface area contributed by atoms with Crippen molar-refractivity contribution in [2.45, 2.75) is 75.1 Å². The summed E-state index contributed by atoms with van der Waals surface area (Å²) in [5.74, 6) is -2.49. The normalized spacial score (nSPS) is 23.0. The monoisotopic (exact) mass is 377 g/mol. The Kier molecular flexibility index (Phi) is 5.90. The SMILES string of the molecule is CCC(NC(=O)[C@@H](N)CC(=O)O)C(=O)NC1C(C)(C)S(=O)(=O)C1(C)C. The van der Waals surface area contributed by atoms with E-state index in [1.807, 2.05) is 0 Å². The highest BCUT2D eigenvalue weighted by molar-refractivity contribution is 7.95. The molecule has 9 nitrogen and oxygen atoms in total. The number of sulfone groups is 1. The van der Waals surface area contributed by atoms with Gasteiger partial charge in [-0.05, 0) is 34.1 Å². The molecule has 0 aromatic carbocycles. The molecule has 1 heterocycles. The van der Waals surface area contributed by atoms with Crippen molar-refractivity contribution in [2.24, 2.45) is 5.73 Å². The third-order valence-electron chi connectivity index (χ3n) is 4.83. The highest BCUT2D eigenvalue weighted by Crippen LogP contribution is 2.48. The van der Waals surface area contributed by atoms with Crippen LogP contribution in [0.15, 0.2) is 0 Å². The largest absolute Gasteiger partial charge is 0.481 e. The minimum Gasteiger partial charge on any atom is -0.481 e. The van der Waals surface area contributed by atoms with Crippen molar-refractivity contribution in [3.63, 3.8) is 0 Å². The van der Waals surface area contributed by atoms with Gasteiger partial charge < -0.3 is 21.5 Å². The Bertz CT molecular complexity index is 649. The van der Waals surface area contributed by atoms with Gasteiger partial charge in [0.15, 0.2) is 9.84 Å². The van der Waals surface area contributed by atoms with Crippen LogP contribution in [-0.2, 0) is 24.2 Å². The van der Waals surface area contributed by atoms with Crippen molar-refractivity contribution < 1.29 is 27.9 Å². The molecule has 1 aliphatic rings. The lowest BCUT2D eigenvalue weighted by Gasteiger charge is -2.56. The Morgan fingerprint density at radius 3 is 2.00 bits per heavy atom. The van der Waals surface area contributed by atoms with Gasteiger partial charge in [0, 0.05) is 0 Å². The summed E-state index contributed by atoms with van der Waals surface area (Å²) in [5, 5.41) is 13.8. The van der Waals surface area contributed by atoms with Gasteiger partial charge in [0.1, 0.15) is 6.04 Å². The zero-order valence-electron chi connectivity index (χ0n) is 15.1. The van der Waals surface area contributed by atoms with E-state index in [-0.39, 0.29) is 6.42 Å². The first-order chi connectivity index (χ1) is 11.2. The van der Waals surface area contributed by atoms with Crippen LogP contribution in [0.2, 0.25) is 0 Å². The number of amides is 2. The molecule has 0 saturated carbocycles. The predicted octanol–water partition coefficient (Wildman–Crippen LogP) is -0.846. The molecule has 0 aromatic rings. The van der Waals surface area contributed by atoms with Crippen LogP contribution in [0, 0.1) is 0 Å². The summed E-state index contributed by atoms with van der Waals surface area (Å²) in [6, 6.07) is -2.81. The quantitative estimate of drug-likeness (QED) is 0.450. The van der Waals surface area contributed by atoms with Crippen LogP contribution in [0.3, 0.4) is 0 Å². The van der Waals surface area contributed by atoms with Crippen molar-refractivity contribution in [1.29, 1.82) is 0 Å². The maximum absolute atomic E-state index is 12.5. The molecule has 2 atom stereocenters. The molecule has 0 bridgehead atoms. The van der Waals surface area contributed by atoms with Crippen molar-refractivity contribution in [3.8, 4) is 0 Å². The van der Waals surface area contributed by atoms with Crippen molar-refractivity contribution in [3.05, 3.63) is 0 Å². The second-order valence-corrected chi connectivity index (χ2v) is 10.4. The van der Waals surface area contributed by atoms with E-state index in [0.29, 0.717) is 0 Å². The Hall–Kier alpha value is -1.68. The molecule has 25 heavy (non-hydrogen) atoms. The zero-order chi connectivity index (χ0) is 19.8. The fourth-order valence-electron chi connectivity index (χ4n) is 3.27. The van der Waals surface area contributed by atoms with Crippen molar-refractivity contribution >= 4 is 27.6 Å². The molecular weight excluding hydrogens is 350 g/mol. The van der Waals surface area contributed by atoms with E-state index >= 15 is 0 Å². The van der Waals surface area contributed by atoms with Crippen LogP contribution >= 0.6 is 0 Å².